The van der Waals surface area contributed by atoms with Crippen LogP contribution in [0.1, 0.15) is 29.2 Å². The number of aromatic amines is 1. The summed E-state index contributed by atoms with van der Waals surface area (Å²) in [5, 5.41) is 4.01. The topological polar surface area (TPSA) is 65.2 Å². The molecule has 0 saturated carbocycles. The fourth-order valence-corrected chi connectivity index (χ4v) is 3.85. The van der Waals surface area contributed by atoms with Crippen LogP contribution in [0.3, 0.4) is 0 Å². The molecule has 5 heteroatoms. The highest BCUT2D eigenvalue weighted by molar-refractivity contribution is 5.93. The fraction of sp³-hybridized carbons (Fsp3) is 0.304. The summed E-state index contributed by atoms with van der Waals surface area (Å²) in [7, 11) is 0. The molecule has 0 radical (unpaired) electrons. The van der Waals surface area contributed by atoms with Gasteiger partial charge in [-0.05, 0) is 43.5 Å². The van der Waals surface area contributed by atoms with Gasteiger partial charge >= 0.3 is 0 Å². The van der Waals surface area contributed by atoms with Gasteiger partial charge in [0.15, 0.2) is 0 Å². The van der Waals surface area contributed by atoms with Crippen molar-refractivity contribution in [2.24, 2.45) is 0 Å². The van der Waals surface area contributed by atoms with Crippen LogP contribution in [0.5, 0.6) is 0 Å². The van der Waals surface area contributed by atoms with E-state index in [1.54, 1.807) is 11.8 Å². The summed E-state index contributed by atoms with van der Waals surface area (Å²) in [6.07, 6.45) is 2.19. The molecule has 0 aliphatic rings. The number of carbonyl (C=O) groups is 2. The highest BCUT2D eigenvalue weighted by Crippen LogP contribution is 2.26. The number of nitrogens with zero attached hydrogens (tertiary/aromatic N) is 1. The lowest BCUT2D eigenvalue weighted by Crippen LogP contribution is -2.38. The molecule has 2 N–H and O–H groups in total. The van der Waals surface area contributed by atoms with E-state index < -0.39 is 0 Å². The maximum Gasteiger partial charge on any atom is 0.224 e. The molecule has 3 rings (SSSR count). The van der Waals surface area contributed by atoms with Crippen molar-refractivity contribution in [1.82, 2.24) is 10.3 Å². The Morgan fingerprint density at radius 1 is 1.07 bits per heavy atom. The van der Waals surface area contributed by atoms with Crippen LogP contribution >= 0.6 is 0 Å². The molecule has 1 aromatic heterocycles. The minimum absolute atomic E-state index is 0.0269. The van der Waals surface area contributed by atoms with Crippen LogP contribution in [0.4, 0.5) is 5.69 Å². The molecule has 0 spiro atoms. The molecule has 0 aliphatic heterocycles. The van der Waals surface area contributed by atoms with E-state index in [-0.39, 0.29) is 11.8 Å². The SMILES string of the molecule is CC(=O)N(CCNC(=O)Cc1c[nH]c2ccccc12)c1c(C)cc(C)cc1C. The summed E-state index contributed by atoms with van der Waals surface area (Å²) < 4.78 is 0. The van der Waals surface area contributed by atoms with Crippen LogP contribution in [0.25, 0.3) is 10.9 Å². The van der Waals surface area contributed by atoms with Gasteiger partial charge in [0.25, 0.3) is 0 Å². The van der Waals surface area contributed by atoms with E-state index in [0.717, 1.165) is 33.3 Å². The molecule has 5 nitrogen and oxygen atoms in total. The molecule has 0 saturated heterocycles. The minimum atomic E-state index is -0.0504. The van der Waals surface area contributed by atoms with Crippen LogP contribution in [-0.4, -0.2) is 29.9 Å². The molecule has 3 aromatic rings. The van der Waals surface area contributed by atoms with E-state index in [1.165, 1.54) is 5.56 Å². The highest BCUT2D eigenvalue weighted by atomic mass is 16.2. The van der Waals surface area contributed by atoms with Crippen LogP contribution in [-0.2, 0) is 16.0 Å². The van der Waals surface area contributed by atoms with Crippen LogP contribution in [0.15, 0.2) is 42.6 Å². The lowest BCUT2D eigenvalue weighted by Gasteiger charge is -2.25. The van der Waals surface area contributed by atoms with Crippen molar-refractivity contribution >= 4 is 28.4 Å². The largest absolute Gasteiger partial charge is 0.361 e. The number of rotatable bonds is 6. The Hall–Kier alpha value is -3.08. The number of para-hydroxylation sites is 1. The molecular formula is C23H27N3O2. The van der Waals surface area contributed by atoms with Crippen LogP contribution in [0, 0.1) is 20.8 Å². The molecule has 28 heavy (non-hydrogen) atoms. The first kappa shape index (κ1) is 19.7. The summed E-state index contributed by atoms with van der Waals surface area (Å²) in [6, 6.07) is 12.1. The van der Waals surface area contributed by atoms with Gasteiger partial charge in [-0.2, -0.15) is 0 Å². The Bertz CT molecular complexity index is 997. The molecule has 0 atom stereocenters. The number of hydrogen-bond acceptors (Lipinski definition) is 2. The van der Waals surface area contributed by atoms with Gasteiger partial charge in [-0.1, -0.05) is 35.9 Å². The molecule has 2 amide bonds. The molecule has 0 aliphatic carbocycles. The molecule has 0 bridgehead atoms. The first-order chi connectivity index (χ1) is 13.4. The van der Waals surface area contributed by atoms with Gasteiger partial charge in [0.05, 0.1) is 6.42 Å². The number of aryl methyl sites for hydroxylation is 3. The van der Waals surface area contributed by atoms with Gasteiger partial charge in [-0.15, -0.1) is 0 Å². The summed E-state index contributed by atoms with van der Waals surface area (Å²) in [5.41, 5.74) is 6.24. The van der Waals surface area contributed by atoms with Crippen molar-refractivity contribution in [3.63, 3.8) is 0 Å². The zero-order valence-electron chi connectivity index (χ0n) is 16.9. The predicted octanol–water partition coefficient (Wildman–Crippen LogP) is 3.80. The molecule has 0 fully saturated rings. The van der Waals surface area contributed by atoms with Crippen molar-refractivity contribution in [3.8, 4) is 0 Å². The minimum Gasteiger partial charge on any atom is -0.361 e. The number of fused-ring (bicyclic) bond motifs is 1. The Morgan fingerprint density at radius 3 is 2.43 bits per heavy atom. The Labute approximate surface area is 165 Å². The van der Waals surface area contributed by atoms with E-state index in [2.05, 4.69) is 22.4 Å². The second-order valence-corrected chi connectivity index (χ2v) is 7.30. The van der Waals surface area contributed by atoms with Gasteiger partial charge in [0.2, 0.25) is 11.8 Å². The normalized spacial score (nSPS) is 10.9. The number of hydrogen-bond donors (Lipinski definition) is 2. The first-order valence-corrected chi connectivity index (χ1v) is 9.54. The van der Waals surface area contributed by atoms with Crippen LogP contribution < -0.4 is 10.2 Å². The average molecular weight is 377 g/mol. The van der Waals surface area contributed by atoms with Gasteiger partial charge in [0, 0.05) is 42.8 Å². The average Bonchev–Trinajstić information content (AvgIpc) is 3.02. The fourth-order valence-electron chi connectivity index (χ4n) is 3.85. The van der Waals surface area contributed by atoms with Crippen molar-refractivity contribution in [3.05, 3.63) is 64.8 Å². The zero-order chi connectivity index (χ0) is 20.3. The second-order valence-electron chi connectivity index (χ2n) is 7.30. The van der Waals surface area contributed by atoms with E-state index in [9.17, 15) is 9.59 Å². The lowest BCUT2D eigenvalue weighted by molar-refractivity contribution is -0.121. The monoisotopic (exact) mass is 377 g/mol. The Balaban J connectivity index is 1.64. The molecule has 2 aromatic carbocycles. The first-order valence-electron chi connectivity index (χ1n) is 9.54. The Kier molecular flexibility index (Phi) is 5.83. The summed E-state index contributed by atoms with van der Waals surface area (Å²) >= 11 is 0. The van der Waals surface area contributed by atoms with Crippen LogP contribution in [0.2, 0.25) is 0 Å². The number of aromatic nitrogens is 1. The van der Waals surface area contributed by atoms with E-state index >= 15 is 0 Å². The van der Waals surface area contributed by atoms with E-state index in [0.29, 0.717) is 19.5 Å². The maximum atomic E-state index is 12.4. The van der Waals surface area contributed by atoms with Crippen molar-refractivity contribution in [2.75, 3.05) is 18.0 Å². The van der Waals surface area contributed by atoms with E-state index in [4.69, 9.17) is 0 Å². The third-order valence-electron chi connectivity index (χ3n) is 4.97. The highest BCUT2D eigenvalue weighted by Gasteiger charge is 2.17. The lowest BCUT2D eigenvalue weighted by atomic mass is 10.0. The van der Waals surface area contributed by atoms with Crippen molar-refractivity contribution in [1.29, 1.82) is 0 Å². The number of H-pyrrole nitrogens is 1. The molecule has 146 valence electrons. The summed E-state index contributed by atoms with van der Waals surface area (Å²) in [6.45, 7) is 8.49. The molecular weight excluding hydrogens is 350 g/mol. The van der Waals surface area contributed by atoms with Crippen molar-refractivity contribution in [2.45, 2.75) is 34.1 Å². The molecule has 1 heterocycles. The van der Waals surface area contributed by atoms with Gasteiger partial charge in [-0.25, -0.2) is 0 Å². The van der Waals surface area contributed by atoms with Gasteiger partial charge < -0.3 is 15.2 Å². The smallest absolute Gasteiger partial charge is 0.224 e. The number of anilines is 1. The number of nitrogens with one attached hydrogen (secondary N) is 2. The third kappa shape index (κ3) is 4.25. The number of amides is 2. The summed E-state index contributed by atoms with van der Waals surface area (Å²) in [4.78, 5) is 29.5. The Morgan fingerprint density at radius 2 is 1.75 bits per heavy atom. The van der Waals surface area contributed by atoms with Gasteiger partial charge in [0.1, 0.15) is 0 Å². The van der Waals surface area contributed by atoms with E-state index in [1.807, 2.05) is 51.2 Å². The second kappa shape index (κ2) is 8.30. The van der Waals surface area contributed by atoms with Crippen molar-refractivity contribution < 1.29 is 9.59 Å². The third-order valence-corrected chi connectivity index (χ3v) is 4.97. The predicted molar refractivity (Wildman–Crippen MR) is 114 cm³/mol. The summed E-state index contributed by atoms with van der Waals surface area (Å²) in [5.74, 6) is -0.0773. The maximum absolute atomic E-state index is 12.4. The quantitative estimate of drug-likeness (QED) is 0.686. The van der Waals surface area contributed by atoms with Gasteiger partial charge in [-0.3, -0.25) is 9.59 Å². The standard InChI is InChI=1S/C23H27N3O2/c1-15-11-16(2)23(17(3)12-15)26(18(4)27)10-9-24-22(28)13-19-14-25-21-8-6-5-7-20(19)21/h5-8,11-12,14,25H,9-10,13H2,1-4H3,(H,24,28). The number of benzene rings is 2. The zero-order valence-corrected chi connectivity index (χ0v) is 16.9. The number of carbonyl (C=O) groups excluding carboxylic acids is 2. The molecule has 0 unspecified atom stereocenters.